The molecule has 0 spiro atoms. The fraction of sp³-hybridized carbons (Fsp3) is 0.286. The second kappa shape index (κ2) is 4.11. The zero-order valence-electron chi connectivity index (χ0n) is 7.00. The van der Waals surface area contributed by atoms with Crippen LogP contribution < -0.4 is 5.32 Å². The Bertz CT molecular complexity index is 339. The molecule has 0 saturated carbocycles. The van der Waals surface area contributed by atoms with Crippen LogP contribution in [0.4, 0.5) is 5.82 Å². The summed E-state index contributed by atoms with van der Waals surface area (Å²) in [5.41, 5.74) is 0.365. The van der Waals surface area contributed by atoms with Crippen LogP contribution in [0.3, 0.4) is 0 Å². The third kappa shape index (κ3) is 2.20. The van der Waals surface area contributed by atoms with E-state index in [-0.39, 0.29) is 6.54 Å². The largest absolute Gasteiger partial charge is 0.468 e. The van der Waals surface area contributed by atoms with E-state index < -0.39 is 5.97 Å². The zero-order chi connectivity index (χ0) is 9.68. The van der Waals surface area contributed by atoms with E-state index in [1.165, 1.54) is 13.3 Å². The number of aromatic amines is 1. The zero-order valence-corrected chi connectivity index (χ0v) is 7.00. The summed E-state index contributed by atoms with van der Waals surface area (Å²) in [6.07, 6.45) is 1.37. The van der Waals surface area contributed by atoms with Crippen molar-refractivity contribution in [3.05, 3.63) is 11.8 Å². The monoisotopic (exact) mass is 180 g/mol. The summed E-state index contributed by atoms with van der Waals surface area (Å²) < 4.78 is 4.40. The number of nitrogens with one attached hydrogen (secondary N) is 2. The van der Waals surface area contributed by atoms with E-state index in [1.54, 1.807) is 0 Å². The number of nitrogens with zero attached hydrogens (tertiary/aromatic N) is 2. The van der Waals surface area contributed by atoms with Crippen molar-refractivity contribution >= 4 is 11.8 Å². The van der Waals surface area contributed by atoms with Gasteiger partial charge in [0.2, 0.25) is 0 Å². The first-order valence-electron chi connectivity index (χ1n) is 3.52. The van der Waals surface area contributed by atoms with Gasteiger partial charge in [-0.1, -0.05) is 0 Å². The number of aromatic nitrogens is 2. The predicted octanol–water partition coefficient (Wildman–Crippen LogP) is -0.134. The van der Waals surface area contributed by atoms with Gasteiger partial charge in [0.15, 0.2) is 0 Å². The molecule has 0 aliphatic heterocycles. The van der Waals surface area contributed by atoms with E-state index in [4.69, 9.17) is 5.26 Å². The Morgan fingerprint density at radius 3 is 3.31 bits per heavy atom. The number of anilines is 1. The summed E-state index contributed by atoms with van der Waals surface area (Å²) in [4.78, 5) is 10.7. The van der Waals surface area contributed by atoms with Gasteiger partial charge in [0.1, 0.15) is 24.0 Å². The Kier molecular flexibility index (Phi) is 2.87. The van der Waals surface area contributed by atoms with E-state index in [0.29, 0.717) is 11.4 Å². The fourth-order valence-electron chi connectivity index (χ4n) is 0.738. The van der Waals surface area contributed by atoms with Crippen molar-refractivity contribution in [3.8, 4) is 6.07 Å². The summed E-state index contributed by atoms with van der Waals surface area (Å²) in [5.74, 6) is 0.0198. The molecule has 1 aromatic heterocycles. The Hall–Kier alpha value is -2.03. The van der Waals surface area contributed by atoms with E-state index in [9.17, 15) is 4.79 Å². The molecule has 1 rings (SSSR count). The van der Waals surface area contributed by atoms with Gasteiger partial charge >= 0.3 is 5.97 Å². The van der Waals surface area contributed by atoms with Gasteiger partial charge in [0.05, 0.1) is 13.3 Å². The molecule has 1 aromatic rings. The summed E-state index contributed by atoms with van der Waals surface area (Å²) in [6, 6.07) is 1.91. The molecule has 0 radical (unpaired) electrons. The maximum Gasteiger partial charge on any atom is 0.325 e. The first kappa shape index (κ1) is 9.06. The van der Waals surface area contributed by atoms with Crippen molar-refractivity contribution < 1.29 is 9.53 Å². The molecule has 68 valence electrons. The first-order valence-corrected chi connectivity index (χ1v) is 3.52. The number of esters is 1. The molecule has 0 bridgehead atoms. The highest BCUT2D eigenvalue weighted by Gasteiger charge is 2.05. The summed E-state index contributed by atoms with van der Waals surface area (Å²) in [7, 11) is 1.29. The van der Waals surface area contributed by atoms with Crippen LogP contribution in [-0.4, -0.2) is 29.8 Å². The topological polar surface area (TPSA) is 90.8 Å². The maximum absolute atomic E-state index is 10.7. The Labute approximate surface area is 74.5 Å². The van der Waals surface area contributed by atoms with Gasteiger partial charge in [-0.05, 0) is 0 Å². The lowest BCUT2D eigenvalue weighted by molar-refractivity contribution is -0.138. The Morgan fingerprint density at radius 2 is 2.69 bits per heavy atom. The van der Waals surface area contributed by atoms with Gasteiger partial charge in [-0.2, -0.15) is 10.4 Å². The molecule has 0 fully saturated rings. The number of ether oxygens (including phenoxy) is 1. The molecule has 0 saturated heterocycles. The number of H-pyrrole nitrogens is 1. The molecule has 6 heteroatoms. The molecule has 0 aliphatic rings. The minimum absolute atomic E-state index is 0.00731. The van der Waals surface area contributed by atoms with Crippen LogP contribution in [-0.2, 0) is 9.53 Å². The predicted molar refractivity (Wildman–Crippen MR) is 43.8 cm³/mol. The van der Waals surface area contributed by atoms with E-state index in [0.717, 1.165) is 0 Å². The molecule has 6 nitrogen and oxygen atoms in total. The second-order valence-electron chi connectivity index (χ2n) is 2.20. The van der Waals surface area contributed by atoms with Gasteiger partial charge in [-0.3, -0.25) is 9.89 Å². The molecule has 2 N–H and O–H groups in total. The van der Waals surface area contributed by atoms with Crippen molar-refractivity contribution in [1.82, 2.24) is 10.2 Å². The molecular formula is C7H8N4O2. The van der Waals surface area contributed by atoms with Crippen molar-refractivity contribution in [2.45, 2.75) is 0 Å². The van der Waals surface area contributed by atoms with Crippen LogP contribution in [0.15, 0.2) is 6.20 Å². The average molecular weight is 180 g/mol. The lowest BCUT2D eigenvalue weighted by atomic mass is 10.3. The smallest absolute Gasteiger partial charge is 0.325 e. The van der Waals surface area contributed by atoms with Crippen molar-refractivity contribution in [2.24, 2.45) is 0 Å². The highest BCUT2D eigenvalue weighted by Crippen LogP contribution is 2.07. The van der Waals surface area contributed by atoms with Crippen molar-refractivity contribution in [1.29, 1.82) is 5.26 Å². The van der Waals surface area contributed by atoms with Crippen LogP contribution >= 0.6 is 0 Å². The van der Waals surface area contributed by atoms with Crippen molar-refractivity contribution in [3.63, 3.8) is 0 Å². The number of nitriles is 1. The van der Waals surface area contributed by atoms with E-state index in [2.05, 4.69) is 20.3 Å². The normalized spacial score (nSPS) is 8.92. The molecule has 0 aromatic carbocycles. The third-order valence-corrected chi connectivity index (χ3v) is 1.40. The molecule has 1 heterocycles. The lowest BCUT2D eigenvalue weighted by Crippen LogP contribution is -2.15. The van der Waals surface area contributed by atoms with Gasteiger partial charge < -0.3 is 10.1 Å². The SMILES string of the molecule is COC(=O)CNc1[nH]ncc1C#N. The van der Waals surface area contributed by atoms with Crippen LogP contribution in [0.5, 0.6) is 0 Å². The van der Waals surface area contributed by atoms with Gasteiger partial charge in [-0.25, -0.2) is 0 Å². The maximum atomic E-state index is 10.7. The van der Waals surface area contributed by atoms with E-state index in [1.807, 2.05) is 6.07 Å². The van der Waals surface area contributed by atoms with E-state index >= 15 is 0 Å². The number of hydrogen-bond donors (Lipinski definition) is 2. The van der Waals surface area contributed by atoms with Gasteiger partial charge in [-0.15, -0.1) is 0 Å². The summed E-state index contributed by atoms with van der Waals surface area (Å²) in [5, 5.41) is 17.4. The lowest BCUT2D eigenvalue weighted by Gasteiger charge is -2.01. The van der Waals surface area contributed by atoms with Gasteiger partial charge in [0, 0.05) is 0 Å². The number of carbonyl (C=O) groups is 1. The van der Waals surface area contributed by atoms with Crippen molar-refractivity contribution in [2.75, 3.05) is 19.0 Å². The van der Waals surface area contributed by atoms with Crippen LogP contribution in [0, 0.1) is 11.3 Å². The second-order valence-corrected chi connectivity index (χ2v) is 2.20. The third-order valence-electron chi connectivity index (χ3n) is 1.40. The highest BCUT2D eigenvalue weighted by atomic mass is 16.5. The van der Waals surface area contributed by atoms with Crippen LogP contribution in [0.2, 0.25) is 0 Å². The average Bonchev–Trinajstić information content (AvgIpc) is 2.61. The number of hydrogen-bond acceptors (Lipinski definition) is 5. The number of rotatable bonds is 3. The molecule has 0 aliphatic carbocycles. The molecular weight excluding hydrogens is 172 g/mol. The molecule has 0 atom stereocenters. The minimum atomic E-state index is -0.404. The molecule has 13 heavy (non-hydrogen) atoms. The highest BCUT2D eigenvalue weighted by molar-refractivity contribution is 5.74. The summed E-state index contributed by atoms with van der Waals surface area (Å²) in [6.45, 7) is 0.00731. The van der Waals surface area contributed by atoms with Gasteiger partial charge in [0.25, 0.3) is 0 Å². The summed E-state index contributed by atoms with van der Waals surface area (Å²) >= 11 is 0. The fourth-order valence-corrected chi connectivity index (χ4v) is 0.738. The number of carbonyl (C=O) groups excluding carboxylic acids is 1. The minimum Gasteiger partial charge on any atom is -0.468 e. The first-order chi connectivity index (χ1) is 6.27. The van der Waals surface area contributed by atoms with Crippen LogP contribution in [0.25, 0.3) is 0 Å². The Morgan fingerprint density at radius 1 is 1.92 bits per heavy atom. The molecule has 0 unspecified atom stereocenters. The van der Waals surface area contributed by atoms with Crippen LogP contribution in [0.1, 0.15) is 5.56 Å². The Balaban J connectivity index is 2.55. The molecule has 0 amide bonds. The standard InChI is InChI=1S/C7H8N4O2/c1-13-6(12)4-9-7-5(2-8)3-10-11-7/h3H,4H2,1H3,(H2,9,10,11). The number of methoxy groups -OCH3 is 1. The quantitative estimate of drug-likeness (QED) is 0.632.